The minimum Gasteiger partial charge on any atom is -0.482 e. The predicted molar refractivity (Wildman–Crippen MR) is 167 cm³/mol. The van der Waals surface area contributed by atoms with Crippen LogP contribution >= 0.6 is 0 Å². The predicted octanol–water partition coefficient (Wildman–Crippen LogP) is 4.69. The maximum atomic E-state index is 13.5. The first-order valence-electron chi connectivity index (χ1n) is 15.8. The van der Waals surface area contributed by atoms with Crippen molar-refractivity contribution in [2.45, 2.75) is 70.5 Å². The van der Waals surface area contributed by atoms with E-state index in [-0.39, 0.29) is 55.7 Å². The molecular weight excluding hydrogens is 613 g/mol. The van der Waals surface area contributed by atoms with Gasteiger partial charge in [-0.25, -0.2) is 32.8 Å². The molecule has 47 heavy (non-hydrogen) atoms. The second-order valence-corrected chi connectivity index (χ2v) is 13.1. The molecule has 5 heterocycles. The van der Waals surface area contributed by atoms with Gasteiger partial charge >= 0.3 is 0 Å². The van der Waals surface area contributed by atoms with Crippen LogP contribution in [0.25, 0.3) is 22.2 Å². The summed E-state index contributed by atoms with van der Waals surface area (Å²) in [5.41, 5.74) is 9.23. The molecule has 0 bridgehead atoms. The molecule has 14 heteroatoms. The van der Waals surface area contributed by atoms with Crippen LogP contribution in [-0.4, -0.2) is 73.1 Å². The highest BCUT2D eigenvalue weighted by Gasteiger charge is 2.48. The zero-order chi connectivity index (χ0) is 33.0. The Labute approximate surface area is 268 Å². The number of aromatic nitrogens is 5. The Morgan fingerprint density at radius 3 is 2.49 bits per heavy atom. The van der Waals surface area contributed by atoms with Crippen molar-refractivity contribution in [3.63, 3.8) is 0 Å². The number of nitrogens with zero attached hydrogens (tertiary/aromatic N) is 7. The summed E-state index contributed by atoms with van der Waals surface area (Å²) in [5.74, 6) is -3.20. The maximum absolute atomic E-state index is 13.5. The smallest absolute Gasteiger partial charge is 0.265 e. The number of fused-ring (bicyclic) bond motifs is 2. The molecule has 4 aromatic rings. The van der Waals surface area contributed by atoms with Crippen LogP contribution in [0.3, 0.4) is 0 Å². The van der Waals surface area contributed by atoms with Gasteiger partial charge in [0.15, 0.2) is 18.1 Å². The number of primary amides is 1. The van der Waals surface area contributed by atoms with E-state index in [2.05, 4.69) is 14.9 Å². The minimum absolute atomic E-state index is 0.0103. The van der Waals surface area contributed by atoms with Crippen LogP contribution in [0.1, 0.15) is 67.4 Å². The summed E-state index contributed by atoms with van der Waals surface area (Å²) in [7, 11) is 0. The van der Waals surface area contributed by atoms with Crippen LogP contribution in [0.2, 0.25) is 0 Å². The molecule has 2 aliphatic heterocycles. The number of pyridine rings is 1. The number of halogens is 3. The van der Waals surface area contributed by atoms with Gasteiger partial charge in [-0.05, 0) is 42.9 Å². The Morgan fingerprint density at radius 1 is 1.11 bits per heavy atom. The van der Waals surface area contributed by atoms with Gasteiger partial charge in [0.1, 0.15) is 11.6 Å². The Morgan fingerprint density at radius 2 is 1.83 bits per heavy atom. The summed E-state index contributed by atoms with van der Waals surface area (Å²) in [5, 5.41) is 5.40. The van der Waals surface area contributed by atoms with Crippen molar-refractivity contribution in [3.8, 4) is 16.9 Å². The molecule has 0 atom stereocenters. The van der Waals surface area contributed by atoms with E-state index in [0.717, 1.165) is 25.2 Å². The van der Waals surface area contributed by atoms with Gasteiger partial charge in [-0.1, -0.05) is 19.9 Å². The van der Waals surface area contributed by atoms with Gasteiger partial charge < -0.3 is 10.5 Å². The maximum Gasteiger partial charge on any atom is 0.265 e. The number of carbonyl (C=O) groups excluding carboxylic acids is 2. The molecule has 0 spiro atoms. The second kappa shape index (κ2) is 11.9. The number of hydrogen-bond donors (Lipinski definition) is 1. The number of alkyl halides is 2. The number of rotatable bonds is 8. The molecule has 3 aliphatic rings. The minimum atomic E-state index is -2.56. The lowest BCUT2D eigenvalue weighted by Crippen LogP contribution is -2.53. The fourth-order valence-corrected chi connectivity index (χ4v) is 6.95. The standard InChI is InChI=1S/C33H35F3N8O3/c1-18(2)9-24-30(31(37)46)29(19-3-4-25-26(10-19)47-17-28(45)43(25)16-27-38-13-20(34)14-39-27)23-15-40-44(32(23)41-24)21-5-7-42(8-6-21)22-11-33(35,36)12-22/h3-4,10,13-15,18,21-22H,5-9,11-12,16-17H2,1-2H3,(H2,37,46). The first-order valence-corrected chi connectivity index (χ1v) is 15.8. The van der Waals surface area contributed by atoms with Gasteiger partial charge in [0.05, 0.1) is 48.1 Å². The van der Waals surface area contributed by atoms with Crippen molar-refractivity contribution in [1.82, 2.24) is 29.6 Å². The Kier molecular flexibility index (Phi) is 7.85. The summed E-state index contributed by atoms with van der Waals surface area (Å²) >= 11 is 0. The molecule has 2 fully saturated rings. The highest BCUT2D eigenvalue weighted by Crippen LogP contribution is 2.43. The molecule has 1 aromatic carbocycles. The van der Waals surface area contributed by atoms with Crippen molar-refractivity contribution in [3.05, 3.63) is 59.7 Å². The normalized spacial score (nSPS) is 18.8. The van der Waals surface area contributed by atoms with E-state index in [4.69, 9.17) is 20.6 Å². The number of ether oxygens (including phenoxy) is 1. The van der Waals surface area contributed by atoms with Crippen molar-refractivity contribution < 1.29 is 27.5 Å². The lowest BCUT2D eigenvalue weighted by molar-refractivity contribution is -0.128. The quantitative estimate of drug-likeness (QED) is 0.291. The van der Waals surface area contributed by atoms with Crippen molar-refractivity contribution in [2.24, 2.45) is 11.7 Å². The van der Waals surface area contributed by atoms with Crippen LogP contribution in [0.15, 0.2) is 36.8 Å². The monoisotopic (exact) mass is 648 g/mol. The topological polar surface area (TPSA) is 132 Å². The van der Waals surface area contributed by atoms with E-state index >= 15 is 0 Å². The molecule has 0 radical (unpaired) electrons. The lowest BCUT2D eigenvalue weighted by Gasteiger charge is -2.45. The first kappa shape index (κ1) is 31.0. The van der Waals surface area contributed by atoms with E-state index in [1.54, 1.807) is 24.4 Å². The Bertz CT molecular complexity index is 1850. The molecular formula is C33H35F3N8O3. The zero-order valence-corrected chi connectivity index (χ0v) is 26.1. The Hall–Kier alpha value is -4.59. The number of hydrogen-bond acceptors (Lipinski definition) is 8. The fourth-order valence-electron chi connectivity index (χ4n) is 6.95. The van der Waals surface area contributed by atoms with Crippen molar-refractivity contribution in [1.29, 1.82) is 0 Å². The van der Waals surface area contributed by atoms with E-state index in [1.807, 2.05) is 18.5 Å². The second-order valence-electron chi connectivity index (χ2n) is 13.1. The van der Waals surface area contributed by atoms with Gasteiger partial charge in [0.2, 0.25) is 0 Å². The molecule has 2 amide bonds. The zero-order valence-electron chi connectivity index (χ0n) is 26.1. The number of nitrogens with two attached hydrogens (primary N) is 1. The molecule has 1 saturated carbocycles. The third-order valence-corrected chi connectivity index (χ3v) is 9.26. The van der Waals surface area contributed by atoms with Crippen LogP contribution in [0.4, 0.5) is 18.9 Å². The highest BCUT2D eigenvalue weighted by molar-refractivity contribution is 6.09. The van der Waals surface area contributed by atoms with Crippen molar-refractivity contribution in [2.75, 3.05) is 24.6 Å². The SMILES string of the molecule is CC(C)Cc1nc2c(cnn2C2CCN(C3CC(F)(F)C3)CC2)c(-c2ccc3c(c2)OCC(=O)N3Cc2ncc(F)cn2)c1C(N)=O. The van der Waals surface area contributed by atoms with E-state index in [1.165, 1.54) is 4.90 Å². The summed E-state index contributed by atoms with van der Waals surface area (Å²) in [6.07, 6.45) is 5.60. The molecule has 1 aliphatic carbocycles. The van der Waals surface area contributed by atoms with Gasteiger partial charge in [-0.3, -0.25) is 19.4 Å². The van der Waals surface area contributed by atoms with Crippen LogP contribution in [-0.2, 0) is 17.8 Å². The number of likely N-dealkylation sites (tertiary alicyclic amines) is 1. The third kappa shape index (κ3) is 5.90. The average molecular weight is 649 g/mol. The number of amides is 2. The molecule has 11 nitrogen and oxygen atoms in total. The molecule has 1 saturated heterocycles. The summed E-state index contributed by atoms with van der Waals surface area (Å²) in [6, 6.07) is 5.22. The molecule has 0 unspecified atom stereocenters. The molecule has 3 aromatic heterocycles. The van der Waals surface area contributed by atoms with Gasteiger partial charge in [0.25, 0.3) is 17.7 Å². The Balaban J connectivity index is 1.27. The van der Waals surface area contributed by atoms with Crippen molar-refractivity contribution >= 4 is 28.5 Å². The molecule has 7 rings (SSSR count). The summed E-state index contributed by atoms with van der Waals surface area (Å²) in [4.78, 5) is 42.6. The van der Waals surface area contributed by atoms with Crippen LogP contribution in [0, 0.1) is 11.7 Å². The van der Waals surface area contributed by atoms with Crippen LogP contribution < -0.4 is 15.4 Å². The number of anilines is 1. The van der Waals surface area contributed by atoms with E-state index in [9.17, 15) is 22.8 Å². The fraction of sp³-hybridized carbons (Fsp3) is 0.455. The first-order chi connectivity index (χ1) is 22.5. The van der Waals surface area contributed by atoms with E-state index in [0.29, 0.717) is 64.4 Å². The number of benzene rings is 1. The highest BCUT2D eigenvalue weighted by atomic mass is 19.3. The van der Waals surface area contributed by atoms with Crippen LogP contribution in [0.5, 0.6) is 5.75 Å². The third-order valence-electron chi connectivity index (χ3n) is 9.26. The average Bonchev–Trinajstić information content (AvgIpc) is 3.44. The van der Waals surface area contributed by atoms with E-state index < -0.39 is 17.6 Å². The number of carbonyl (C=O) groups is 2. The van der Waals surface area contributed by atoms with Gasteiger partial charge in [-0.2, -0.15) is 5.10 Å². The largest absolute Gasteiger partial charge is 0.482 e. The number of piperidine rings is 1. The lowest BCUT2D eigenvalue weighted by atomic mass is 9.85. The molecule has 246 valence electrons. The van der Waals surface area contributed by atoms with Gasteiger partial charge in [-0.15, -0.1) is 0 Å². The molecule has 2 N–H and O–H groups in total. The summed E-state index contributed by atoms with van der Waals surface area (Å²) in [6.45, 7) is 5.26. The van der Waals surface area contributed by atoms with Gasteiger partial charge in [0, 0.05) is 42.9 Å². The summed E-state index contributed by atoms with van der Waals surface area (Å²) < 4.78 is 48.2.